The van der Waals surface area contributed by atoms with Gasteiger partial charge in [-0.3, -0.25) is 4.79 Å². The molecule has 0 heterocycles. The van der Waals surface area contributed by atoms with Crippen molar-refractivity contribution in [3.05, 3.63) is 29.8 Å². The number of thiol groups is 1. The van der Waals surface area contributed by atoms with E-state index in [-0.39, 0.29) is 10.7 Å². The van der Waals surface area contributed by atoms with Crippen LogP contribution in [0.2, 0.25) is 0 Å². The van der Waals surface area contributed by atoms with Crippen molar-refractivity contribution in [2.45, 2.75) is 26.2 Å². The van der Waals surface area contributed by atoms with Crippen LogP contribution in [-0.2, 0) is 5.41 Å². The van der Waals surface area contributed by atoms with E-state index in [0.717, 1.165) is 11.3 Å². The summed E-state index contributed by atoms with van der Waals surface area (Å²) >= 11 is 3.70. The average molecular weight is 253 g/mol. The Morgan fingerprint density at radius 2 is 1.94 bits per heavy atom. The van der Waals surface area contributed by atoms with E-state index in [1.54, 1.807) is 0 Å². The topological polar surface area (TPSA) is 38.3 Å². The van der Waals surface area contributed by atoms with E-state index >= 15 is 0 Å². The first-order chi connectivity index (χ1) is 7.95. The fraction of sp³-hybridized carbons (Fsp3) is 0.462. The fourth-order valence-corrected chi connectivity index (χ4v) is 1.65. The van der Waals surface area contributed by atoms with Crippen molar-refractivity contribution >= 4 is 17.9 Å². The van der Waals surface area contributed by atoms with Gasteiger partial charge in [-0.25, -0.2) is 0 Å². The Bertz CT molecular complexity index is 374. The zero-order valence-corrected chi connectivity index (χ0v) is 11.4. The van der Waals surface area contributed by atoms with Gasteiger partial charge in [0, 0.05) is 12.0 Å². The Labute approximate surface area is 108 Å². The van der Waals surface area contributed by atoms with Gasteiger partial charge in [0.15, 0.2) is 0 Å². The van der Waals surface area contributed by atoms with Crippen LogP contribution < -0.4 is 10.1 Å². The van der Waals surface area contributed by atoms with E-state index in [0.29, 0.717) is 13.2 Å². The summed E-state index contributed by atoms with van der Waals surface area (Å²) in [6.45, 7) is 7.33. The molecule has 1 N–H and O–H groups in total. The molecule has 0 aliphatic carbocycles. The molecular weight excluding hydrogens is 234 g/mol. The lowest BCUT2D eigenvalue weighted by atomic mass is 9.84. The van der Waals surface area contributed by atoms with Gasteiger partial charge in [0.2, 0.25) is 0 Å². The average Bonchev–Trinajstić information content (AvgIpc) is 2.28. The third kappa shape index (κ3) is 4.30. The lowest BCUT2D eigenvalue weighted by Gasteiger charge is -2.25. The number of ether oxygens (including phenoxy) is 1. The van der Waals surface area contributed by atoms with E-state index in [1.807, 2.05) is 31.2 Å². The molecule has 0 aliphatic heterocycles. The molecule has 0 spiro atoms. The third-order valence-electron chi connectivity index (χ3n) is 2.63. The molecular formula is C13H19NO2S. The highest BCUT2D eigenvalue weighted by Crippen LogP contribution is 2.24. The summed E-state index contributed by atoms with van der Waals surface area (Å²) in [5.74, 6) is 0.866. The Balaban J connectivity index is 2.73. The van der Waals surface area contributed by atoms with E-state index in [9.17, 15) is 4.79 Å². The van der Waals surface area contributed by atoms with Gasteiger partial charge in [0.1, 0.15) is 5.75 Å². The highest BCUT2D eigenvalue weighted by Gasteiger charge is 2.20. The first kappa shape index (κ1) is 13.9. The van der Waals surface area contributed by atoms with Crippen LogP contribution in [-0.4, -0.2) is 18.4 Å². The molecule has 94 valence electrons. The molecule has 0 bridgehead atoms. The summed E-state index contributed by atoms with van der Waals surface area (Å²) in [6, 6.07) is 7.94. The molecule has 1 aromatic rings. The molecule has 0 saturated carbocycles. The summed E-state index contributed by atoms with van der Waals surface area (Å²) in [5, 5.41) is 2.42. The number of carbonyl (C=O) groups is 1. The number of nitrogens with one attached hydrogen (secondary N) is 1. The zero-order chi connectivity index (χ0) is 12.9. The van der Waals surface area contributed by atoms with Crippen LogP contribution >= 0.6 is 12.6 Å². The number of hydrogen-bond donors (Lipinski definition) is 2. The minimum absolute atomic E-state index is 0.122. The molecule has 3 nitrogen and oxygen atoms in total. The SMILES string of the molecule is CCOc1ccc(C(C)(C)CNC(=O)S)cc1. The number of hydrogen-bond acceptors (Lipinski definition) is 2. The normalized spacial score (nSPS) is 11.1. The van der Waals surface area contributed by atoms with Crippen molar-refractivity contribution in [2.24, 2.45) is 0 Å². The molecule has 17 heavy (non-hydrogen) atoms. The molecule has 1 rings (SSSR count). The van der Waals surface area contributed by atoms with E-state index in [1.165, 1.54) is 0 Å². The molecule has 0 unspecified atom stereocenters. The van der Waals surface area contributed by atoms with Gasteiger partial charge in [-0.1, -0.05) is 38.6 Å². The van der Waals surface area contributed by atoms with Crippen molar-refractivity contribution in [1.29, 1.82) is 0 Å². The van der Waals surface area contributed by atoms with Crippen molar-refractivity contribution in [3.63, 3.8) is 0 Å². The highest BCUT2D eigenvalue weighted by molar-refractivity contribution is 7.96. The van der Waals surface area contributed by atoms with Crippen molar-refractivity contribution < 1.29 is 9.53 Å². The molecule has 1 amide bonds. The first-order valence-electron chi connectivity index (χ1n) is 5.66. The Kier molecular flexibility index (Phi) is 4.87. The smallest absolute Gasteiger partial charge is 0.276 e. The van der Waals surface area contributed by atoms with Crippen LogP contribution in [0.5, 0.6) is 5.75 Å². The second-order valence-corrected chi connectivity index (χ2v) is 4.91. The minimum Gasteiger partial charge on any atom is -0.494 e. The maximum absolute atomic E-state index is 10.8. The molecule has 4 heteroatoms. The molecule has 0 atom stereocenters. The predicted octanol–water partition coefficient (Wildman–Crippen LogP) is 3.00. The summed E-state index contributed by atoms with van der Waals surface area (Å²) in [4.78, 5) is 10.8. The summed E-state index contributed by atoms with van der Waals surface area (Å²) < 4.78 is 5.39. The van der Waals surface area contributed by atoms with Crippen LogP contribution in [0.3, 0.4) is 0 Å². The van der Waals surface area contributed by atoms with Gasteiger partial charge in [-0.2, -0.15) is 0 Å². The number of benzene rings is 1. The maximum Gasteiger partial charge on any atom is 0.276 e. The second kappa shape index (κ2) is 5.96. The molecule has 0 radical (unpaired) electrons. The standard InChI is InChI=1S/C13H19NO2S/c1-4-16-11-7-5-10(6-8-11)13(2,3)9-14-12(15)17/h5-8H,4,9H2,1-3H3,(H2,14,15,17). The molecule has 1 aromatic carbocycles. The largest absolute Gasteiger partial charge is 0.494 e. The monoisotopic (exact) mass is 253 g/mol. The summed E-state index contributed by atoms with van der Waals surface area (Å²) in [6.07, 6.45) is 0. The van der Waals surface area contributed by atoms with Gasteiger partial charge in [-0.05, 0) is 24.6 Å². The lowest BCUT2D eigenvalue weighted by Crippen LogP contribution is -2.34. The first-order valence-corrected chi connectivity index (χ1v) is 6.10. The van der Waals surface area contributed by atoms with Gasteiger partial charge in [0.25, 0.3) is 5.24 Å². The van der Waals surface area contributed by atoms with Gasteiger partial charge < -0.3 is 10.1 Å². The number of carbonyl (C=O) groups excluding carboxylic acids is 1. The van der Waals surface area contributed by atoms with E-state index in [2.05, 4.69) is 31.8 Å². The number of amides is 1. The molecule has 0 aliphatic rings. The Morgan fingerprint density at radius 3 is 2.41 bits per heavy atom. The molecule has 0 aromatic heterocycles. The predicted molar refractivity (Wildman–Crippen MR) is 73.0 cm³/mol. The highest BCUT2D eigenvalue weighted by atomic mass is 32.1. The van der Waals surface area contributed by atoms with Crippen molar-refractivity contribution in [3.8, 4) is 5.75 Å². The molecule has 0 saturated heterocycles. The Hall–Kier alpha value is -1.16. The van der Waals surface area contributed by atoms with Crippen LogP contribution in [0.1, 0.15) is 26.3 Å². The van der Waals surface area contributed by atoms with Gasteiger partial charge >= 0.3 is 0 Å². The minimum atomic E-state index is -0.302. The van der Waals surface area contributed by atoms with Crippen molar-refractivity contribution in [2.75, 3.05) is 13.2 Å². The van der Waals surface area contributed by atoms with Gasteiger partial charge in [0.05, 0.1) is 6.61 Å². The number of rotatable bonds is 5. The van der Waals surface area contributed by atoms with Crippen LogP contribution in [0.4, 0.5) is 4.79 Å². The van der Waals surface area contributed by atoms with E-state index < -0.39 is 0 Å². The Morgan fingerprint density at radius 1 is 1.35 bits per heavy atom. The fourth-order valence-electron chi connectivity index (χ4n) is 1.57. The zero-order valence-electron chi connectivity index (χ0n) is 10.5. The second-order valence-electron chi connectivity index (χ2n) is 4.50. The van der Waals surface area contributed by atoms with Gasteiger partial charge in [-0.15, -0.1) is 0 Å². The maximum atomic E-state index is 10.8. The summed E-state index contributed by atoms with van der Waals surface area (Å²) in [7, 11) is 0. The van der Waals surface area contributed by atoms with Crippen LogP contribution in [0.25, 0.3) is 0 Å². The van der Waals surface area contributed by atoms with Crippen LogP contribution in [0.15, 0.2) is 24.3 Å². The van der Waals surface area contributed by atoms with Crippen LogP contribution in [0, 0.1) is 0 Å². The van der Waals surface area contributed by atoms with E-state index in [4.69, 9.17) is 4.74 Å². The van der Waals surface area contributed by atoms with Crippen molar-refractivity contribution in [1.82, 2.24) is 5.32 Å². The summed E-state index contributed by atoms with van der Waals surface area (Å²) in [5.41, 5.74) is 1.03. The third-order valence-corrected chi connectivity index (χ3v) is 2.79. The lowest BCUT2D eigenvalue weighted by molar-refractivity contribution is 0.258. The quantitative estimate of drug-likeness (QED) is 0.792. The molecule has 0 fully saturated rings.